The van der Waals surface area contributed by atoms with Gasteiger partial charge in [0.25, 0.3) is 0 Å². The van der Waals surface area contributed by atoms with Crippen molar-refractivity contribution >= 4 is 39.3 Å². The smallest absolute Gasteiger partial charge is 0.337 e. The number of aromatic nitrogens is 1. The van der Waals surface area contributed by atoms with E-state index in [0.717, 1.165) is 4.48 Å². The zero-order valence-electron chi connectivity index (χ0n) is 7.63. The fraction of sp³-hybridized carbons (Fsp3) is 0.111. The maximum Gasteiger partial charge on any atom is 0.337 e. The first-order valence-corrected chi connectivity index (χ1v) is 5.14. The quantitative estimate of drug-likeness (QED) is 0.895. The Labute approximate surface area is 100 Å². The Morgan fingerprint density at radius 2 is 2.40 bits per heavy atom. The van der Waals surface area contributed by atoms with E-state index in [1.54, 1.807) is 0 Å². The third kappa shape index (κ3) is 3.53. The lowest BCUT2D eigenvalue weighted by Gasteiger charge is -2.06. The number of carboxylic acid groups (broad SMARTS) is 1. The molecule has 0 saturated carbocycles. The van der Waals surface area contributed by atoms with Crippen LogP contribution in [0, 0.1) is 0 Å². The molecule has 0 radical (unpaired) electrons. The van der Waals surface area contributed by atoms with E-state index in [2.05, 4.69) is 32.8 Å². The molecular formula is C9H8BrClN2O2. The summed E-state index contributed by atoms with van der Waals surface area (Å²) in [5, 5.41) is 11.8. The molecule has 4 nitrogen and oxygen atoms in total. The Hall–Kier alpha value is -1.07. The van der Waals surface area contributed by atoms with E-state index in [4.69, 9.17) is 16.7 Å². The molecule has 0 fully saturated rings. The Kier molecular flexibility index (Phi) is 4.11. The van der Waals surface area contributed by atoms with Gasteiger partial charge in [0.15, 0.2) is 0 Å². The van der Waals surface area contributed by atoms with Crippen LogP contribution in [0.25, 0.3) is 0 Å². The fourth-order valence-electron chi connectivity index (χ4n) is 0.865. The standard InChI is InChI=1S/C9H8BrClN2O2/c1-5(10)3-12-8-7(11)2-6(4-13-8)9(14)15/h2,4H,1,3H2,(H,12,13)(H,14,15). The molecule has 0 aliphatic rings. The zero-order chi connectivity index (χ0) is 11.4. The van der Waals surface area contributed by atoms with Crippen LogP contribution in [-0.4, -0.2) is 22.6 Å². The molecule has 1 aromatic rings. The number of nitrogens with one attached hydrogen (secondary N) is 1. The maximum atomic E-state index is 10.6. The summed E-state index contributed by atoms with van der Waals surface area (Å²) in [5.74, 6) is -0.622. The first-order chi connectivity index (χ1) is 7.00. The predicted octanol–water partition coefficient (Wildman–Crippen LogP) is 2.75. The number of carboxylic acids is 1. The molecule has 0 aromatic carbocycles. The Bertz CT molecular complexity index is 409. The molecule has 0 unspecified atom stereocenters. The molecule has 0 atom stereocenters. The van der Waals surface area contributed by atoms with Crippen LogP contribution in [0.2, 0.25) is 5.02 Å². The van der Waals surface area contributed by atoms with Gasteiger partial charge in [-0.1, -0.05) is 34.1 Å². The number of carbonyl (C=O) groups is 1. The van der Waals surface area contributed by atoms with E-state index >= 15 is 0 Å². The third-order valence-corrected chi connectivity index (χ3v) is 2.10. The number of pyridine rings is 1. The lowest BCUT2D eigenvalue weighted by molar-refractivity contribution is 0.0696. The highest BCUT2D eigenvalue weighted by Gasteiger charge is 2.07. The fourth-order valence-corrected chi connectivity index (χ4v) is 1.24. The Balaban J connectivity index is 2.83. The maximum absolute atomic E-state index is 10.6. The van der Waals surface area contributed by atoms with Crippen LogP contribution in [0.15, 0.2) is 23.3 Å². The zero-order valence-corrected chi connectivity index (χ0v) is 9.97. The van der Waals surface area contributed by atoms with E-state index < -0.39 is 5.97 Å². The van der Waals surface area contributed by atoms with E-state index in [1.165, 1.54) is 12.3 Å². The topological polar surface area (TPSA) is 62.2 Å². The number of anilines is 1. The van der Waals surface area contributed by atoms with E-state index in [9.17, 15) is 4.79 Å². The highest BCUT2D eigenvalue weighted by atomic mass is 79.9. The normalized spacial score (nSPS) is 9.73. The highest BCUT2D eigenvalue weighted by molar-refractivity contribution is 9.11. The van der Waals surface area contributed by atoms with Gasteiger partial charge in [0.1, 0.15) is 5.82 Å². The second kappa shape index (κ2) is 5.14. The van der Waals surface area contributed by atoms with Crippen LogP contribution in [0.1, 0.15) is 10.4 Å². The molecule has 0 amide bonds. The second-order valence-electron chi connectivity index (χ2n) is 2.73. The monoisotopic (exact) mass is 290 g/mol. The molecule has 2 N–H and O–H groups in total. The summed E-state index contributed by atoms with van der Waals surface area (Å²) in [7, 11) is 0. The van der Waals surface area contributed by atoms with Crippen molar-refractivity contribution in [2.24, 2.45) is 0 Å². The van der Waals surface area contributed by atoms with Crippen molar-refractivity contribution in [2.45, 2.75) is 0 Å². The minimum atomic E-state index is -1.05. The van der Waals surface area contributed by atoms with Crippen molar-refractivity contribution in [1.29, 1.82) is 0 Å². The minimum Gasteiger partial charge on any atom is -0.478 e. The van der Waals surface area contributed by atoms with Crippen molar-refractivity contribution in [3.63, 3.8) is 0 Å². The summed E-state index contributed by atoms with van der Waals surface area (Å²) in [6, 6.07) is 1.34. The first kappa shape index (κ1) is 12.0. The second-order valence-corrected chi connectivity index (χ2v) is 4.26. The number of halogens is 2. The summed E-state index contributed by atoms with van der Waals surface area (Å²) >= 11 is 9.00. The highest BCUT2D eigenvalue weighted by Crippen LogP contribution is 2.20. The van der Waals surface area contributed by atoms with E-state index in [0.29, 0.717) is 12.4 Å². The van der Waals surface area contributed by atoms with Gasteiger partial charge in [0, 0.05) is 17.2 Å². The largest absolute Gasteiger partial charge is 0.478 e. The van der Waals surface area contributed by atoms with Gasteiger partial charge in [-0.2, -0.15) is 0 Å². The summed E-state index contributed by atoms with van der Waals surface area (Å²) < 4.78 is 0.752. The lowest BCUT2D eigenvalue weighted by Crippen LogP contribution is -2.05. The summed E-state index contributed by atoms with van der Waals surface area (Å²) in [6.45, 7) is 4.11. The van der Waals surface area contributed by atoms with Gasteiger partial charge in [0.2, 0.25) is 0 Å². The molecule has 1 heterocycles. The molecule has 6 heteroatoms. The molecule has 80 valence electrons. The molecule has 0 aliphatic carbocycles. The molecule has 1 rings (SSSR count). The number of hydrogen-bond acceptors (Lipinski definition) is 3. The number of nitrogens with zero attached hydrogens (tertiary/aromatic N) is 1. The number of rotatable bonds is 4. The molecular weight excluding hydrogens is 283 g/mol. The summed E-state index contributed by atoms with van der Waals surface area (Å²) in [5.41, 5.74) is 0.0585. The van der Waals surface area contributed by atoms with Gasteiger partial charge in [-0.15, -0.1) is 0 Å². The number of hydrogen-bond donors (Lipinski definition) is 2. The van der Waals surface area contributed by atoms with Crippen LogP contribution in [0.3, 0.4) is 0 Å². The van der Waals surface area contributed by atoms with Crippen LogP contribution < -0.4 is 5.32 Å². The Morgan fingerprint density at radius 3 is 2.87 bits per heavy atom. The van der Waals surface area contributed by atoms with E-state index in [1.807, 2.05) is 0 Å². The van der Waals surface area contributed by atoms with Crippen LogP contribution in [0.4, 0.5) is 5.82 Å². The van der Waals surface area contributed by atoms with Crippen LogP contribution in [-0.2, 0) is 0 Å². The minimum absolute atomic E-state index is 0.0585. The molecule has 0 spiro atoms. The molecule has 0 saturated heterocycles. The average Bonchev–Trinajstić information content (AvgIpc) is 2.15. The van der Waals surface area contributed by atoms with Crippen molar-refractivity contribution in [3.05, 3.63) is 33.9 Å². The van der Waals surface area contributed by atoms with Gasteiger partial charge in [-0.3, -0.25) is 0 Å². The third-order valence-electron chi connectivity index (χ3n) is 1.54. The summed E-state index contributed by atoms with van der Waals surface area (Å²) in [6.07, 6.45) is 1.24. The number of aromatic carboxylic acids is 1. The van der Waals surface area contributed by atoms with Crippen molar-refractivity contribution in [3.8, 4) is 0 Å². The predicted molar refractivity (Wildman–Crippen MR) is 62.8 cm³/mol. The SMILES string of the molecule is C=C(Br)CNc1ncc(C(=O)O)cc1Cl. The average molecular weight is 292 g/mol. The van der Waals surface area contributed by atoms with Gasteiger partial charge in [-0.25, -0.2) is 9.78 Å². The van der Waals surface area contributed by atoms with Gasteiger partial charge >= 0.3 is 5.97 Å². The van der Waals surface area contributed by atoms with Crippen LogP contribution >= 0.6 is 27.5 Å². The summed E-state index contributed by atoms with van der Waals surface area (Å²) in [4.78, 5) is 14.5. The Morgan fingerprint density at radius 1 is 1.73 bits per heavy atom. The molecule has 0 bridgehead atoms. The lowest BCUT2D eigenvalue weighted by atomic mass is 10.3. The molecule has 15 heavy (non-hydrogen) atoms. The van der Waals surface area contributed by atoms with Crippen molar-refractivity contribution in [1.82, 2.24) is 4.98 Å². The van der Waals surface area contributed by atoms with Gasteiger partial charge < -0.3 is 10.4 Å². The van der Waals surface area contributed by atoms with Crippen molar-refractivity contribution < 1.29 is 9.90 Å². The van der Waals surface area contributed by atoms with Crippen LogP contribution in [0.5, 0.6) is 0 Å². The van der Waals surface area contributed by atoms with Gasteiger partial charge in [-0.05, 0) is 6.07 Å². The van der Waals surface area contributed by atoms with Gasteiger partial charge in [0.05, 0.1) is 10.6 Å². The first-order valence-electron chi connectivity index (χ1n) is 3.96. The molecule has 1 aromatic heterocycles. The molecule has 0 aliphatic heterocycles. The van der Waals surface area contributed by atoms with Crippen molar-refractivity contribution in [2.75, 3.05) is 11.9 Å². The van der Waals surface area contributed by atoms with E-state index in [-0.39, 0.29) is 10.6 Å².